The van der Waals surface area contributed by atoms with E-state index in [9.17, 15) is 4.79 Å². The van der Waals surface area contributed by atoms with Crippen LogP contribution >= 0.6 is 0 Å². The molecule has 0 saturated carbocycles. The summed E-state index contributed by atoms with van der Waals surface area (Å²) < 4.78 is 10.8. The Kier molecular flexibility index (Phi) is 7.15. The second-order valence-electron chi connectivity index (χ2n) is 8.19. The van der Waals surface area contributed by atoms with E-state index in [-0.39, 0.29) is 11.6 Å². The first-order chi connectivity index (χ1) is 13.5. The Balaban J connectivity index is 1.46. The van der Waals surface area contributed by atoms with E-state index < -0.39 is 0 Å². The van der Waals surface area contributed by atoms with Gasteiger partial charge in [0.25, 0.3) is 0 Å². The Bertz CT molecular complexity index is 623. The molecule has 156 valence electrons. The quantitative estimate of drug-likeness (QED) is 0.802. The van der Waals surface area contributed by atoms with Crippen molar-refractivity contribution in [1.29, 1.82) is 0 Å². The maximum Gasteiger partial charge on any atom is 0.317 e. The zero-order valence-electron chi connectivity index (χ0n) is 17.4. The molecule has 2 aliphatic heterocycles. The summed E-state index contributed by atoms with van der Waals surface area (Å²) >= 11 is 0. The number of amides is 2. The number of nitrogens with zero attached hydrogens (tertiary/aromatic N) is 3. The van der Waals surface area contributed by atoms with Gasteiger partial charge >= 0.3 is 6.03 Å². The molecule has 0 radical (unpaired) electrons. The molecule has 7 heteroatoms. The maximum atomic E-state index is 12.5. The maximum absolute atomic E-state index is 12.5. The van der Waals surface area contributed by atoms with Crippen molar-refractivity contribution in [3.63, 3.8) is 0 Å². The summed E-state index contributed by atoms with van der Waals surface area (Å²) in [4.78, 5) is 19.0. The summed E-state index contributed by atoms with van der Waals surface area (Å²) in [5.74, 6) is 0. The van der Waals surface area contributed by atoms with Crippen molar-refractivity contribution < 1.29 is 14.3 Å². The Morgan fingerprint density at radius 3 is 2.21 bits per heavy atom. The number of carbonyl (C=O) groups is 1. The molecule has 28 heavy (non-hydrogen) atoms. The highest BCUT2D eigenvalue weighted by atomic mass is 16.5. The number of hydrogen-bond acceptors (Lipinski definition) is 5. The van der Waals surface area contributed by atoms with Crippen molar-refractivity contribution in [2.75, 3.05) is 71.1 Å². The van der Waals surface area contributed by atoms with Gasteiger partial charge in [-0.1, -0.05) is 12.1 Å². The van der Waals surface area contributed by atoms with Gasteiger partial charge in [-0.05, 0) is 31.5 Å². The highest BCUT2D eigenvalue weighted by Crippen LogP contribution is 2.18. The zero-order valence-corrected chi connectivity index (χ0v) is 17.4. The SMILES string of the molecule is CN(Cc1ccc(N2CCOCC2)cc1)C(=O)NCC(C)(C)N1CCOCC1. The van der Waals surface area contributed by atoms with Crippen molar-refractivity contribution in [3.05, 3.63) is 29.8 Å². The molecule has 1 aromatic rings. The average Bonchev–Trinajstić information content (AvgIpc) is 2.74. The van der Waals surface area contributed by atoms with Gasteiger partial charge in [0.1, 0.15) is 0 Å². The van der Waals surface area contributed by atoms with E-state index >= 15 is 0 Å². The molecule has 1 aromatic carbocycles. The van der Waals surface area contributed by atoms with Crippen LogP contribution in [0.25, 0.3) is 0 Å². The van der Waals surface area contributed by atoms with Gasteiger partial charge < -0.3 is 24.6 Å². The molecule has 2 heterocycles. The minimum absolute atomic E-state index is 0.0430. The van der Waals surface area contributed by atoms with Crippen LogP contribution in [0.1, 0.15) is 19.4 Å². The standard InChI is InChI=1S/C21H34N4O3/c1-21(2,25-10-14-28-15-11-25)17-22-20(26)23(3)16-18-4-6-19(7-5-18)24-8-12-27-13-9-24/h4-7H,8-17H2,1-3H3,(H,22,26). The summed E-state index contributed by atoms with van der Waals surface area (Å²) in [5, 5.41) is 3.09. The lowest BCUT2D eigenvalue weighted by Crippen LogP contribution is -2.56. The number of nitrogens with one attached hydrogen (secondary N) is 1. The third-order valence-corrected chi connectivity index (χ3v) is 5.62. The minimum Gasteiger partial charge on any atom is -0.379 e. The van der Waals surface area contributed by atoms with Crippen LogP contribution in [0.4, 0.5) is 10.5 Å². The molecule has 2 fully saturated rings. The number of morpholine rings is 2. The molecule has 0 aliphatic carbocycles. The van der Waals surface area contributed by atoms with E-state index in [1.165, 1.54) is 5.69 Å². The van der Waals surface area contributed by atoms with Crippen LogP contribution in [-0.2, 0) is 16.0 Å². The summed E-state index contributed by atoms with van der Waals surface area (Å²) in [6, 6.07) is 8.43. The molecule has 1 N–H and O–H groups in total. The smallest absolute Gasteiger partial charge is 0.317 e. The Morgan fingerprint density at radius 1 is 1.04 bits per heavy atom. The molecular formula is C21H34N4O3. The molecule has 0 atom stereocenters. The first kappa shape index (κ1) is 20.9. The van der Waals surface area contributed by atoms with E-state index in [2.05, 4.69) is 53.2 Å². The summed E-state index contributed by atoms with van der Waals surface area (Å²) in [5.41, 5.74) is 2.26. The summed E-state index contributed by atoms with van der Waals surface area (Å²) in [7, 11) is 1.84. The average molecular weight is 391 g/mol. The number of urea groups is 1. The molecule has 0 unspecified atom stereocenters. The van der Waals surface area contributed by atoms with Gasteiger partial charge in [-0.3, -0.25) is 4.90 Å². The molecular weight excluding hydrogens is 356 g/mol. The van der Waals surface area contributed by atoms with Crippen LogP contribution in [0.15, 0.2) is 24.3 Å². The second kappa shape index (κ2) is 9.58. The van der Waals surface area contributed by atoms with Crippen LogP contribution in [0.3, 0.4) is 0 Å². The normalized spacial score (nSPS) is 18.8. The highest BCUT2D eigenvalue weighted by molar-refractivity contribution is 5.74. The fraction of sp³-hybridized carbons (Fsp3) is 0.667. The highest BCUT2D eigenvalue weighted by Gasteiger charge is 2.29. The second-order valence-corrected chi connectivity index (χ2v) is 8.19. The number of hydrogen-bond donors (Lipinski definition) is 1. The van der Waals surface area contributed by atoms with E-state index in [4.69, 9.17) is 9.47 Å². The lowest BCUT2D eigenvalue weighted by atomic mass is 10.0. The van der Waals surface area contributed by atoms with Crippen LogP contribution in [-0.4, -0.2) is 87.6 Å². The Morgan fingerprint density at radius 2 is 1.61 bits per heavy atom. The van der Waals surface area contributed by atoms with Gasteiger partial charge in [0, 0.05) is 57.5 Å². The first-order valence-corrected chi connectivity index (χ1v) is 10.2. The van der Waals surface area contributed by atoms with Gasteiger partial charge in [0.15, 0.2) is 0 Å². The van der Waals surface area contributed by atoms with Gasteiger partial charge in [0.2, 0.25) is 0 Å². The minimum atomic E-state index is -0.0832. The largest absolute Gasteiger partial charge is 0.379 e. The van der Waals surface area contributed by atoms with Gasteiger partial charge in [-0.15, -0.1) is 0 Å². The molecule has 0 aromatic heterocycles. The predicted octanol–water partition coefficient (Wildman–Crippen LogP) is 1.78. The topological polar surface area (TPSA) is 57.3 Å². The van der Waals surface area contributed by atoms with Crippen LogP contribution in [0.5, 0.6) is 0 Å². The van der Waals surface area contributed by atoms with Crippen LogP contribution in [0.2, 0.25) is 0 Å². The fourth-order valence-electron chi connectivity index (χ4n) is 3.69. The molecule has 2 amide bonds. The fourth-order valence-corrected chi connectivity index (χ4v) is 3.69. The Hall–Kier alpha value is -1.83. The molecule has 7 nitrogen and oxygen atoms in total. The van der Waals surface area contributed by atoms with Crippen molar-refractivity contribution in [2.45, 2.75) is 25.9 Å². The van der Waals surface area contributed by atoms with Gasteiger partial charge in [0.05, 0.1) is 26.4 Å². The van der Waals surface area contributed by atoms with E-state index in [0.29, 0.717) is 13.1 Å². The van der Waals surface area contributed by atoms with Crippen molar-refractivity contribution in [3.8, 4) is 0 Å². The third kappa shape index (κ3) is 5.59. The number of rotatable bonds is 6. The van der Waals surface area contributed by atoms with E-state index in [1.807, 2.05) is 7.05 Å². The van der Waals surface area contributed by atoms with Gasteiger partial charge in [-0.2, -0.15) is 0 Å². The summed E-state index contributed by atoms with van der Waals surface area (Å²) in [6.07, 6.45) is 0. The van der Waals surface area contributed by atoms with Crippen LogP contribution in [0, 0.1) is 0 Å². The zero-order chi connectivity index (χ0) is 20.0. The molecule has 0 spiro atoms. The summed E-state index contributed by atoms with van der Waals surface area (Å²) in [6.45, 7) is 12.3. The predicted molar refractivity (Wildman–Crippen MR) is 111 cm³/mol. The molecule has 2 saturated heterocycles. The first-order valence-electron chi connectivity index (χ1n) is 10.2. The lowest BCUT2D eigenvalue weighted by Gasteiger charge is -2.41. The molecule has 3 rings (SSSR count). The molecule has 2 aliphatic rings. The van der Waals surface area contributed by atoms with Crippen molar-refractivity contribution >= 4 is 11.7 Å². The number of anilines is 1. The molecule has 0 bridgehead atoms. The van der Waals surface area contributed by atoms with Crippen LogP contribution < -0.4 is 10.2 Å². The lowest BCUT2D eigenvalue weighted by molar-refractivity contribution is -0.00900. The number of benzene rings is 1. The van der Waals surface area contributed by atoms with Gasteiger partial charge in [-0.25, -0.2) is 4.79 Å². The number of ether oxygens (including phenoxy) is 2. The van der Waals surface area contributed by atoms with E-state index in [1.54, 1.807) is 4.90 Å². The Labute approximate surface area is 168 Å². The number of carbonyl (C=O) groups excluding carboxylic acids is 1. The van der Waals surface area contributed by atoms with Crippen molar-refractivity contribution in [2.24, 2.45) is 0 Å². The van der Waals surface area contributed by atoms with Crippen molar-refractivity contribution in [1.82, 2.24) is 15.1 Å². The monoisotopic (exact) mass is 390 g/mol. The van der Waals surface area contributed by atoms with E-state index in [0.717, 1.165) is 58.2 Å². The third-order valence-electron chi connectivity index (χ3n) is 5.62.